The lowest BCUT2D eigenvalue weighted by atomic mass is 10.1. The first-order valence-electron chi connectivity index (χ1n) is 7.86. The normalized spacial score (nSPS) is 10.9. The molecule has 0 aromatic heterocycles. The van der Waals surface area contributed by atoms with Crippen LogP contribution in [0.4, 0.5) is 0 Å². The fraction of sp³-hybridized carbons (Fsp3) is 0.211. The van der Waals surface area contributed by atoms with Gasteiger partial charge in [0.25, 0.3) is 11.8 Å². The van der Waals surface area contributed by atoms with E-state index in [4.69, 9.17) is 34.8 Å². The van der Waals surface area contributed by atoms with Crippen LogP contribution in [0.15, 0.2) is 42.5 Å². The molecule has 0 radical (unpaired) electrons. The molecule has 0 atom stereocenters. The minimum atomic E-state index is -0.893. The SMILES string of the molecule is CC(C)(C)N(C(=O)c1cccc(Cl)c1)N(C#N)C(=O)c1cccc(Cl)c1Cl. The van der Waals surface area contributed by atoms with E-state index in [0.29, 0.717) is 10.0 Å². The van der Waals surface area contributed by atoms with Crippen molar-refractivity contribution >= 4 is 46.6 Å². The molecule has 0 aliphatic rings. The molecule has 5 nitrogen and oxygen atoms in total. The van der Waals surface area contributed by atoms with E-state index in [9.17, 15) is 14.9 Å². The van der Waals surface area contributed by atoms with Crippen molar-refractivity contribution in [2.75, 3.05) is 0 Å². The molecule has 140 valence electrons. The topological polar surface area (TPSA) is 64.4 Å². The number of rotatable bonds is 2. The Kier molecular flexibility index (Phi) is 6.38. The van der Waals surface area contributed by atoms with Gasteiger partial charge in [-0.05, 0) is 51.1 Å². The minimum absolute atomic E-state index is 0.00785. The summed E-state index contributed by atoms with van der Waals surface area (Å²) in [6, 6.07) is 10.8. The van der Waals surface area contributed by atoms with Gasteiger partial charge in [-0.15, -0.1) is 5.01 Å². The Hall–Kier alpha value is -2.26. The second kappa shape index (κ2) is 8.18. The molecule has 0 spiro atoms. The van der Waals surface area contributed by atoms with Crippen molar-refractivity contribution in [3.8, 4) is 6.19 Å². The van der Waals surface area contributed by atoms with Gasteiger partial charge in [0, 0.05) is 10.6 Å². The van der Waals surface area contributed by atoms with Gasteiger partial charge in [-0.1, -0.05) is 46.9 Å². The van der Waals surface area contributed by atoms with Crippen molar-refractivity contribution < 1.29 is 9.59 Å². The Morgan fingerprint density at radius 2 is 1.63 bits per heavy atom. The van der Waals surface area contributed by atoms with Crippen molar-refractivity contribution in [2.24, 2.45) is 0 Å². The first kappa shape index (κ1) is 21.0. The van der Waals surface area contributed by atoms with Crippen molar-refractivity contribution in [3.05, 3.63) is 68.7 Å². The van der Waals surface area contributed by atoms with E-state index in [1.807, 2.05) is 0 Å². The number of hydrazine groups is 1. The number of carbonyl (C=O) groups is 2. The molecule has 0 heterocycles. The summed E-state index contributed by atoms with van der Waals surface area (Å²) >= 11 is 18.1. The third-order valence-electron chi connectivity index (χ3n) is 3.57. The highest BCUT2D eigenvalue weighted by molar-refractivity contribution is 6.43. The summed E-state index contributed by atoms with van der Waals surface area (Å²) in [5.74, 6) is -1.33. The Morgan fingerprint density at radius 1 is 1.00 bits per heavy atom. The maximum Gasteiger partial charge on any atom is 0.287 e. The van der Waals surface area contributed by atoms with E-state index in [0.717, 1.165) is 5.01 Å². The first-order chi connectivity index (χ1) is 12.6. The largest absolute Gasteiger partial charge is 0.287 e. The van der Waals surface area contributed by atoms with Gasteiger partial charge in [0.05, 0.1) is 21.1 Å². The Labute approximate surface area is 172 Å². The molecule has 0 N–H and O–H groups in total. The third kappa shape index (κ3) is 4.54. The summed E-state index contributed by atoms with van der Waals surface area (Å²) in [6.45, 7) is 5.10. The third-order valence-corrected chi connectivity index (χ3v) is 4.62. The zero-order valence-corrected chi connectivity index (χ0v) is 17.1. The summed E-state index contributed by atoms with van der Waals surface area (Å²) in [4.78, 5) is 26.1. The number of nitriles is 1. The number of hydrogen-bond donors (Lipinski definition) is 0. The zero-order chi connectivity index (χ0) is 20.4. The molecule has 0 unspecified atom stereocenters. The number of halogens is 3. The Balaban J connectivity index is 2.54. The minimum Gasteiger partial charge on any atom is -0.267 e. The van der Waals surface area contributed by atoms with Crippen LogP contribution in [-0.2, 0) is 0 Å². The second-order valence-electron chi connectivity index (χ2n) is 6.62. The highest BCUT2D eigenvalue weighted by Crippen LogP contribution is 2.29. The van der Waals surface area contributed by atoms with E-state index >= 15 is 0 Å². The monoisotopic (exact) mass is 423 g/mol. The molecule has 0 aliphatic heterocycles. The molecule has 8 heteroatoms. The van der Waals surface area contributed by atoms with Gasteiger partial charge < -0.3 is 0 Å². The molecule has 2 aromatic rings. The maximum atomic E-state index is 13.1. The Morgan fingerprint density at radius 3 is 2.19 bits per heavy atom. The number of benzene rings is 2. The first-order valence-corrected chi connectivity index (χ1v) is 8.99. The van der Waals surface area contributed by atoms with Crippen LogP contribution in [0.1, 0.15) is 41.5 Å². The lowest BCUT2D eigenvalue weighted by Crippen LogP contribution is -2.56. The van der Waals surface area contributed by atoms with Gasteiger partial charge in [0.1, 0.15) is 0 Å². The number of amides is 2. The van der Waals surface area contributed by atoms with Crippen molar-refractivity contribution in [1.82, 2.24) is 10.0 Å². The molecule has 2 amide bonds. The van der Waals surface area contributed by atoms with E-state index in [-0.39, 0.29) is 21.2 Å². The average Bonchev–Trinajstić information content (AvgIpc) is 2.59. The fourth-order valence-electron chi connectivity index (χ4n) is 2.40. The molecule has 0 aliphatic carbocycles. The van der Waals surface area contributed by atoms with Gasteiger partial charge in [-0.2, -0.15) is 5.26 Å². The Bertz CT molecular complexity index is 933. The van der Waals surface area contributed by atoms with Crippen LogP contribution in [0.3, 0.4) is 0 Å². The van der Waals surface area contributed by atoms with Gasteiger partial charge in [-0.25, -0.2) is 5.01 Å². The van der Waals surface area contributed by atoms with Crippen LogP contribution in [0.2, 0.25) is 15.1 Å². The number of carbonyl (C=O) groups excluding carboxylic acids is 2. The van der Waals surface area contributed by atoms with Crippen molar-refractivity contribution in [1.29, 1.82) is 5.26 Å². The van der Waals surface area contributed by atoms with Crippen LogP contribution in [0.5, 0.6) is 0 Å². The quantitative estimate of drug-likeness (QED) is 0.367. The van der Waals surface area contributed by atoms with Crippen LogP contribution < -0.4 is 0 Å². The van der Waals surface area contributed by atoms with Gasteiger partial charge in [0.2, 0.25) is 6.19 Å². The summed E-state index contributed by atoms with van der Waals surface area (Å²) in [5, 5.41) is 12.0. The van der Waals surface area contributed by atoms with Crippen LogP contribution in [0, 0.1) is 11.5 Å². The molecule has 0 bridgehead atoms. The van der Waals surface area contributed by atoms with Crippen LogP contribution in [0.25, 0.3) is 0 Å². The van der Waals surface area contributed by atoms with E-state index in [1.165, 1.54) is 24.3 Å². The lowest BCUT2D eigenvalue weighted by molar-refractivity contribution is -0.0167. The molecule has 0 saturated heterocycles. The van der Waals surface area contributed by atoms with Gasteiger partial charge in [0.15, 0.2) is 0 Å². The highest BCUT2D eigenvalue weighted by Gasteiger charge is 2.37. The van der Waals surface area contributed by atoms with Crippen molar-refractivity contribution in [3.63, 3.8) is 0 Å². The predicted octanol–water partition coefficient (Wildman–Crippen LogP) is 5.43. The lowest BCUT2D eigenvalue weighted by Gasteiger charge is -2.39. The van der Waals surface area contributed by atoms with E-state index in [1.54, 1.807) is 45.2 Å². The fourth-order valence-corrected chi connectivity index (χ4v) is 2.97. The van der Waals surface area contributed by atoms with Crippen LogP contribution >= 0.6 is 34.8 Å². The smallest absolute Gasteiger partial charge is 0.267 e. The predicted molar refractivity (Wildman–Crippen MR) is 106 cm³/mol. The standard InChI is InChI=1S/C19H16Cl3N3O2/c1-19(2,3)25(17(26)12-6-4-7-13(20)10-12)24(11-23)18(27)14-8-5-9-15(21)16(14)22/h4-10H,1-3H3. The molecule has 0 saturated carbocycles. The van der Waals surface area contributed by atoms with E-state index in [2.05, 4.69) is 0 Å². The summed E-state index contributed by atoms with van der Waals surface area (Å²) in [5.41, 5.74) is -0.642. The molecular weight excluding hydrogens is 409 g/mol. The van der Waals surface area contributed by atoms with Gasteiger partial charge >= 0.3 is 0 Å². The molecule has 2 aromatic carbocycles. The molecule has 0 fully saturated rings. The summed E-state index contributed by atoms with van der Waals surface area (Å²) < 4.78 is 0. The molecular formula is C19H16Cl3N3O2. The molecule has 27 heavy (non-hydrogen) atoms. The maximum absolute atomic E-state index is 13.1. The number of hydrogen-bond acceptors (Lipinski definition) is 3. The number of nitrogens with zero attached hydrogens (tertiary/aromatic N) is 3. The van der Waals surface area contributed by atoms with E-state index < -0.39 is 17.4 Å². The van der Waals surface area contributed by atoms with Gasteiger partial charge in [-0.3, -0.25) is 9.59 Å². The highest BCUT2D eigenvalue weighted by atomic mass is 35.5. The summed E-state index contributed by atoms with van der Waals surface area (Å²) in [7, 11) is 0. The second-order valence-corrected chi connectivity index (χ2v) is 7.84. The zero-order valence-electron chi connectivity index (χ0n) is 14.8. The molecule has 2 rings (SSSR count). The average molecular weight is 425 g/mol. The summed E-state index contributed by atoms with van der Waals surface area (Å²) in [6.07, 6.45) is 1.77. The van der Waals surface area contributed by atoms with Crippen LogP contribution in [-0.4, -0.2) is 27.4 Å². The van der Waals surface area contributed by atoms with Crippen molar-refractivity contribution in [2.45, 2.75) is 26.3 Å².